The van der Waals surface area contributed by atoms with Gasteiger partial charge in [-0.1, -0.05) is 24.3 Å². The van der Waals surface area contributed by atoms with Crippen molar-refractivity contribution in [2.45, 2.75) is 34.0 Å². The molecule has 1 aromatic rings. The van der Waals surface area contributed by atoms with Crippen molar-refractivity contribution in [1.82, 2.24) is 0 Å². The summed E-state index contributed by atoms with van der Waals surface area (Å²) in [4.78, 5) is 11.5. The summed E-state index contributed by atoms with van der Waals surface area (Å²) < 4.78 is 5.16. The summed E-state index contributed by atoms with van der Waals surface area (Å²) in [6, 6.07) is 7.34. The van der Waals surface area contributed by atoms with Crippen LogP contribution in [-0.4, -0.2) is 11.1 Å². The van der Waals surface area contributed by atoms with Crippen molar-refractivity contribution in [1.29, 1.82) is 0 Å². The number of ether oxygens (including phenoxy) is 1. The van der Waals surface area contributed by atoms with Crippen molar-refractivity contribution in [2.24, 2.45) is 5.41 Å². The lowest BCUT2D eigenvalue weighted by Crippen LogP contribution is -2.22. The first-order valence-electron chi connectivity index (χ1n) is 5.29. The topological polar surface area (TPSA) is 46.5 Å². The zero-order valence-corrected chi connectivity index (χ0v) is 9.99. The number of hydrogen-bond acceptors (Lipinski definition) is 3. The van der Waals surface area contributed by atoms with Gasteiger partial charge in [-0.15, -0.1) is 0 Å². The van der Waals surface area contributed by atoms with Gasteiger partial charge in [-0.25, -0.2) is 0 Å². The lowest BCUT2D eigenvalue weighted by atomic mass is 9.97. The van der Waals surface area contributed by atoms with Gasteiger partial charge in [-0.05, 0) is 31.9 Å². The predicted octanol–water partition coefficient (Wildman–Crippen LogP) is 2.27. The Hall–Kier alpha value is -1.35. The molecule has 0 fully saturated rings. The van der Waals surface area contributed by atoms with Gasteiger partial charge in [0, 0.05) is 0 Å². The Morgan fingerprint density at radius 3 is 2.12 bits per heavy atom. The molecular weight excluding hydrogens is 204 g/mol. The highest BCUT2D eigenvalue weighted by Gasteiger charge is 2.22. The van der Waals surface area contributed by atoms with Gasteiger partial charge in [0.1, 0.15) is 6.61 Å². The van der Waals surface area contributed by atoms with Crippen molar-refractivity contribution < 1.29 is 14.6 Å². The van der Waals surface area contributed by atoms with E-state index < -0.39 is 5.41 Å². The summed E-state index contributed by atoms with van der Waals surface area (Å²) in [6.07, 6.45) is 0. The second-order valence-electron chi connectivity index (χ2n) is 4.80. The van der Waals surface area contributed by atoms with Crippen molar-refractivity contribution in [2.75, 3.05) is 0 Å². The van der Waals surface area contributed by atoms with Crippen LogP contribution in [0.5, 0.6) is 0 Å². The molecule has 0 aliphatic carbocycles. The number of aliphatic hydroxyl groups excluding tert-OH is 1. The first kappa shape index (κ1) is 12.7. The van der Waals surface area contributed by atoms with Crippen LogP contribution in [0.2, 0.25) is 0 Å². The zero-order chi connectivity index (χ0) is 12.2. The van der Waals surface area contributed by atoms with Crippen molar-refractivity contribution in [3.63, 3.8) is 0 Å². The minimum absolute atomic E-state index is 0.0298. The van der Waals surface area contributed by atoms with E-state index in [1.807, 2.05) is 45.0 Å². The number of hydrogen-bond donors (Lipinski definition) is 1. The molecule has 0 atom stereocenters. The molecule has 3 nitrogen and oxygen atoms in total. The van der Waals surface area contributed by atoms with Crippen molar-refractivity contribution in [3.8, 4) is 0 Å². The van der Waals surface area contributed by atoms with Crippen LogP contribution < -0.4 is 0 Å². The highest BCUT2D eigenvalue weighted by molar-refractivity contribution is 5.75. The molecule has 1 rings (SSSR count). The fourth-order valence-electron chi connectivity index (χ4n) is 1.11. The summed E-state index contributed by atoms with van der Waals surface area (Å²) in [5, 5.41) is 8.87. The molecule has 0 amide bonds. The first-order valence-corrected chi connectivity index (χ1v) is 5.29. The van der Waals surface area contributed by atoms with Gasteiger partial charge in [0.15, 0.2) is 0 Å². The Morgan fingerprint density at radius 1 is 1.19 bits per heavy atom. The third-order valence-electron chi connectivity index (χ3n) is 2.19. The fraction of sp³-hybridized carbons (Fsp3) is 0.462. The highest BCUT2D eigenvalue weighted by Crippen LogP contribution is 2.16. The number of carbonyl (C=O) groups excluding carboxylic acids is 1. The van der Waals surface area contributed by atoms with E-state index in [2.05, 4.69) is 0 Å². The molecule has 0 heterocycles. The SMILES string of the molecule is CC(C)(C)C(=O)OCc1ccc(CO)cc1. The molecule has 1 aromatic carbocycles. The average molecular weight is 222 g/mol. The smallest absolute Gasteiger partial charge is 0.311 e. The third kappa shape index (κ3) is 3.66. The van der Waals surface area contributed by atoms with Gasteiger partial charge in [-0.3, -0.25) is 4.79 Å². The summed E-state index contributed by atoms with van der Waals surface area (Å²) in [7, 11) is 0. The lowest BCUT2D eigenvalue weighted by molar-refractivity contribution is -0.154. The summed E-state index contributed by atoms with van der Waals surface area (Å²) in [5.74, 6) is -0.210. The molecule has 16 heavy (non-hydrogen) atoms. The second-order valence-corrected chi connectivity index (χ2v) is 4.80. The number of rotatable bonds is 3. The van der Waals surface area contributed by atoms with Gasteiger partial charge in [0.2, 0.25) is 0 Å². The van der Waals surface area contributed by atoms with E-state index in [0.717, 1.165) is 11.1 Å². The molecule has 0 aliphatic rings. The van der Waals surface area contributed by atoms with Gasteiger partial charge in [0.25, 0.3) is 0 Å². The first-order chi connectivity index (χ1) is 7.43. The molecule has 0 radical (unpaired) electrons. The fourth-order valence-corrected chi connectivity index (χ4v) is 1.11. The lowest BCUT2D eigenvalue weighted by Gasteiger charge is -2.16. The number of aliphatic hydroxyl groups is 1. The maximum absolute atomic E-state index is 11.5. The average Bonchev–Trinajstić information content (AvgIpc) is 2.25. The minimum atomic E-state index is -0.467. The third-order valence-corrected chi connectivity index (χ3v) is 2.19. The minimum Gasteiger partial charge on any atom is -0.460 e. The maximum Gasteiger partial charge on any atom is 0.311 e. The Kier molecular flexibility index (Phi) is 4.07. The van der Waals surface area contributed by atoms with Crippen molar-refractivity contribution in [3.05, 3.63) is 35.4 Å². The molecule has 0 aromatic heterocycles. The van der Waals surface area contributed by atoms with Gasteiger partial charge >= 0.3 is 5.97 Å². The van der Waals surface area contributed by atoms with Gasteiger partial charge < -0.3 is 9.84 Å². The molecule has 3 heteroatoms. The molecule has 0 saturated carbocycles. The predicted molar refractivity (Wildman–Crippen MR) is 61.6 cm³/mol. The van der Waals surface area contributed by atoms with Crippen LogP contribution in [0, 0.1) is 5.41 Å². The van der Waals surface area contributed by atoms with Gasteiger partial charge in [-0.2, -0.15) is 0 Å². The molecule has 88 valence electrons. The van der Waals surface area contributed by atoms with E-state index in [0.29, 0.717) is 0 Å². The quantitative estimate of drug-likeness (QED) is 0.798. The number of carbonyl (C=O) groups is 1. The van der Waals surface area contributed by atoms with Crippen molar-refractivity contribution >= 4 is 5.97 Å². The molecule has 0 aliphatic heterocycles. The second kappa shape index (κ2) is 5.12. The Labute approximate surface area is 96.1 Å². The Bertz CT molecular complexity index is 346. The molecule has 1 N–H and O–H groups in total. The Balaban J connectivity index is 2.52. The zero-order valence-electron chi connectivity index (χ0n) is 9.99. The number of benzene rings is 1. The molecule has 0 saturated heterocycles. The van der Waals surface area contributed by atoms with Crippen LogP contribution in [0.25, 0.3) is 0 Å². The van der Waals surface area contributed by atoms with Crippen LogP contribution in [0.4, 0.5) is 0 Å². The van der Waals surface area contributed by atoms with Crippen LogP contribution >= 0.6 is 0 Å². The summed E-state index contributed by atoms with van der Waals surface area (Å²) >= 11 is 0. The van der Waals surface area contributed by atoms with Gasteiger partial charge in [0.05, 0.1) is 12.0 Å². The maximum atomic E-state index is 11.5. The van der Waals surface area contributed by atoms with E-state index in [1.165, 1.54) is 0 Å². The van der Waals surface area contributed by atoms with Crippen LogP contribution in [0.3, 0.4) is 0 Å². The highest BCUT2D eigenvalue weighted by atomic mass is 16.5. The Morgan fingerprint density at radius 2 is 1.69 bits per heavy atom. The van der Waals surface area contributed by atoms with E-state index >= 15 is 0 Å². The summed E-state index contributed by atoms with van der Waals surface area (Å²) in [5.41, 5.74) is 1.31. The molecular formula is C13H18O3. The van der Waals surface area contributed by atoms with E-state index in [4.69, 9.17) is 9.84 Å². The monoisotopic (exact) mass is 222 g/mol. The van der Waals surface area contributed by atoms with E-state index in [-0.39, 0.29) is 19.2 Å². The molecule has 0 spiro atoms. The van der Waals surface area contributed by atoms with E-state index in [1.54, 1.807) is 0 Å². The van der Waals surface area contributed by atoms with E-state index in [9.17, 15) is 4.79 Å². The van der Waals surface area contributed by atoms with Crippen LogP contribution in [0.15, 0.2) is 24.3 Å². The standard InChI is InChI=1S/C13H18O3/c1-13(2,3)12(15)16-9-11-6-4-10(8-14)5-7-11/h4-7,14H,8-9H2,1-3H3. The normalized spacial score (nSPS) is 11.2. The van der Waals surface area contributed by atoms with Crippen LogP contribution in [-0.2, 0) is 22.7 Å². The largest absolute Gasteiger partial charge is 0.460 e. The molecule has 0 bridgehead atoms. The molecule has 0 unspecified atom stereocenters. The summed E-state index contributed by atoms with van der Waals surface area (Å²) in [6.45, 7) is 5.78. The number of esters is 1. The van der Waals surface area contributed by atoms with Crippen LogP contribution in [0.1, 0.15) is 31.9 Å².